The highest BCUT2D eigenvalue weighted by Gasteiger charge is 2.08. The van der Waals surface area contributed by atoms with Crippen LogP contribution in [0.4, 0.5) is 0 Å². The van der Waals surface area contributed by atoms with Gasteiger partial charge in [-0.1, -0.05) is 30.3 Å². The number of nitrogens with zero attached hydrogens (tertiary/aromatic N) is 2. The van der Waals surface area contributed by atoms with Gasteiger partial charge in [0, 0.05) is 12.7 Å². The first kappa shape index (κ1) is 12.2. The van der Waals surface area contributed by atoms with E-state index in [0.717, 1.165) is 5.56 Å². The van der Waals surface area contributed by atoms with E-state index >= 15 is 0 Å². The second kappa shape index (κ2) is 5.00. The monoisotopic (exact) mass is 268 g/mol. The summed E-state index contributed by atoms with van der Waals surface area (Å²) in [5, 5.41) is 8.94. The molecular weight excluding hydrogens is 256 g/mol. The lowest BCUT2D eigenvalue weighted by Crippen LogP contribution is -2.23. The number of benzene rings is 1. The standard InChI is InChI=1S/C14H12N4O2/c19-13(15-8-10-4-2-1-3-5-10)11-6-7-12-16-17-14(20)18(12)9-11/h1-7,9H,8H2,(H,15,19)(H,17,20). The number of carbonyl (C=O) groups is 1. The van der Waals surface area contributed by atoms with E-state index in [9.17, 15) is 9.59 Å². The maximum Gasteiger partial charge on any atom is 0.347 e. The zero-order valence-electron chi connectivity index (χ0n) is 10.5. The molecule has 1 aromatic carbocycles. The number of amides is 1. The molecule has 0 saturated heterocycles. The van der Waals surface area contributed by atoms with Gasteiger partial charge in [0.2, 0.25) is 0 Å². The maximum atomic E-state index is 12.0. The van der Waals surface area contributed by atoms with Gasteiger partial charge in [0.1, 0.15) is 0 Å². The molecule has 0 unspecified atom stereocenters. The van der Waals surface area contributed by atoms with Crippen molar-refractivity contribution in [2.24, 2.45) is 0 Å². The fraction of sp³-hybridized carbons (Fsp3) is 0.0714. The predicted molar refractivity (Wildman–Crippen MR) is 73.4 cm³/mol. The molecule has 20 heavy (non-hydrogen) atoms. The average Bonchev–Trinajstić information content (AvgIpc) is 2.87. The molecule has 3 rings (SSSR count). The Morgan fingerprint density at radius 3 is 2.80 bits per heavy atom. The molecule has 0 aliphatic carbocycles. The summed E-state index contributed by atoms with van der Waals surface area (Å²) in [5.74, 6) is -0.233. The van der Waals surface area contributed by atoms with Gasteiger partial charge >= 0.3 is 5.69 Å². The van der Waals surface area contributed by atoms with Crippen molar-refractivity contribution in [3.8, 4) is 0 Å². The number of hydrogen-bond acceptors (Lipinski definition) is 3. The van der Waals surface area contributed by atoms with Crippen LogP contribution in [0.15, 0.2) is 53.5 Å². The minimum absolute atomic E-state index is 0.233. The molecule has 6 nitrogen and oxygen atoms in total. The van der Waals surface area contributed by atoms with Gasteiger partial charge in [-0.25, -0.2) is 14.3 Å². The molecule has 2 N–H and O–H groups in total. The van der Waals surface area contributed by atoms with E-state index in [2.05, 4.69) is 15.5 Å². The number of pyridine rings is 1. The molecule has 0 saturated carbocycles. The van der Waals surface area contributed by atoms with Crippen molar-refractivity contribution in [2.75, 3.05) is 0 Å². The minimum Gasteiger partial charge on any atom is -0.348 e. The Kier molecular flexibility index (Phi) is 3.04. The van der Waals surface area contributed by atoms with Crippen LogP contribution in [-0.2, 0) is 6.54 Å². The summed E-state index contributed by atoms with van der Waals surface area (Å²) in [7, 11) is 0. The highest BCUT2D eigenvalue weighted by atomic mass is 16.2. The molecule has 0 aliphatic rings. The number of aromatic nitrogens is 3. The molecule has 2 heterocycles. The Hall–Kier alpha value is -2.89. The van der Waals surface area contributed by atoms with E-state index in [1.807, 2.05) is 30.3 Å². The summed E-state index contributed by atoms with van der Waals surface area (Å²) in [6.07, 6.45) is 1.47. The third-order valence-electron chi connectivity index (χ3n) is 2.97. The third-order valence-corrected chi connectivity index (χ3v) is 2.97. The van der Waals surface area contributed by atoms with Gasteiger partial charge in [0.05, 0.1) is 5.56 Å². The van der Waals surface area contributed by atoms with Gasteiger partial charge < -0.3 is 5.32 Å². The van der Waals surface area contributed by atoms with Gasteiger partial charge in [-0.2, -0.15) is 5.10 Å². The number of fused-ring (bicyclic) bond motifs is 1. The van der Waals surface area contributed by atoms with Gasteiger partial charge in [-0.15, -0.1) is 0 Å². The topological polar surface area (TPSA) is 79.3 Å². The van der Waals surface area contributed by atoms with Crippen molar-refractivity contribution in [3.63, 3.8) is 0 Å². The second-order valence-electron chi connectivity index (χ2n) is 4.34. The molecule has 0 spiro atoms. The number of rotatable bonds is 3. The van der Waals surface area contributed by atoms with Crippen LogP contribution < -0.4 is 11.0 Å². The Bertz CT molecular complexity index is 805. The van der Waals surface area contributed by atoms with Crippen molar-refractivity contribution in [1.82, 2.24) is 19.9 Å². The molecular formula is C14H12N4O2. The van der Waals surface area contributed by atoms with E-state index in [-0.39, 0.29) is 11.6 Å². The minimum atomic E-state index is -0.363. The van der Waals surface area contributed by atoms with E-state index in [0.29, 0.717) is 17.8 Å². The highest BCUT2D eigenvalue weighted by Crippen LogP contribution is 2.03. The van der Waals surface area contributed by atoms with Gasteiger partial charge in [0.15, 0.2) is 5.65 Å². The molecule has 0 radical (unpaired) electrons. The first-order chi connectivity index (χ1) is 9.74. The normalized spacial score (nSPS) is 10.6. The van der Waals surface area contributed by atoms with Crippen molar-refractivity contribution >= 4 is 11.6 Å². The Morgan fingerprint density at radius 2 is 2.00 bits per heavy atom. The molecule has 100 valence electrons. The van der Waals surface area contributed by atoms with Crippen LogP contribution in [0, 0.1) is 0 Å². The predicted octanol–water partition coefficient (Wildman–Crippen LogP) is 0.953. The van der Waals surface area contributed by atoms with E-state index in [1.54, 1.807) is 12.1 Å². The first-order valence-electron chi connectivity index (χ1n) is 6.13. The first-order valence-corrected chi connectivity index (χ1v) is 6.13. The number of carbonyl (C=O) groups excluding carboxylic acids is 1. The lowest BCUT2D eigenvalue weighted by Gasteiger charge is -2.05. The zero-order valence-corrected chi connectivity index (χ0v) is 10.5. The van der Waals surface area contributed by atoms with Gasteiger partial charge in [0.25, 0.3) is 5.91 Å². The number of H-pyrrole nitrogens is 1. The van der Waals surface area contributed by atoms with E-state index < -0.39 is 0 Å². The molecule has 0 aliphatic heterocycles. The fourth-order valence-corrected chi connectivity index (χ4v) is 1.92. The van der Waals surface area contributed by atoms with Crippen molar-refractivity contribution < 1.29 is 4.79 Å². The number of nitrogens with one attached hydrogen (secondary N) is 2. The quantitative estimate of drug-likeness (QED) is 0.742. The SMILES string of the molecule is O=C(NCc1ccccc1)c1ccc2n[nH]c(=O)n2c1. The van der Waals surface area contributed by atoms with Crippen LogP contribution in [0.3, 0.4) is 0 Å². The Morgan fingerprint density at radius 1 is 1.20 bits per heavy atom. The van der Waals surface area contributed by atoms with E-state index in [1.165, 1.54) is 10.6 Å². The molecule has 0 bridgehead atoms. The van der Waals surface area contributed by atoms with Crippen LogP contribution in [0.1, 0.15) is 15.9 Å². The molecule has 0 atom stereocenters. The van der Waals surface area contributed by atoms with Crippen LogP contribution in [0.2, 0.25) is 0 Å². The summed E-state index contributed by atoms with van der Waals surface area (Å²) in [4.78, 5) is 23.5. The summed E-state index contributed by atoms with van der Waals surface area (Å²) < 4.78 is 1.30. The number of hydrogen-bond donors (Lipinski definition) is 2. The summed E-state index contributed by atoms with van der Waals surface area (Å²) >= 11 is 0. The second-order valence-corrected chi connectivity index (χ2v) is 4.34. The van der Waals surface area contributed by atoms with Crippen LogP contribution in [0.25, 0.3) is 5.65 Å². The lowest BCUT2D eigenvalue weighted by atomic mass is 10.2. The van der Waals surface area contributed by atoms with Crippen LogP contribution in [-0.4, -0.2) is 20.5 Å². The summed E-state index contributed by atoms with van der Waals surface area (Å²) in [6, 6.07) is 12.9. The average molecular weight is 268 g/mol. The summed E-state index contributed by atoms with van der Waals surface area (Å²) in [5.41, 5.74) is 1.55. The van der Waals surface area contributed by atoms with Crippen LogP contribution >= 0.6 is 0 Å². The Balaban J connectivity index is 1.78. The van der Waals surface area contributed by atoms with Crippen molar-refractivity contribution in [3.05, 3.63) is 70.3 Å². The van der Waals surface area contributed by atoms with E-state index in [4.69, 9.17) is 0 Å². The van der Waals surface area contributed by atoms with Crippen LogP contribution in [0.5, 0.6) is 0 Å². The van der Waals surface area contributed by atoms with Crippen molar-refractivity contribution in [2.45, 2.75) is 6.54 Å². The number of aromatic amines is 1. The zero-order chi connectivity index (χ0) is 13.9. The largest absolute Gasteiger partial charge is 0.348 e. The Labute approximate surface area is 114 Å². The van der Waals surface area contributed by atoms with Gasteiger partial charge in [-0.05, 0) is 17.7 Å². The smallest absolute Gasteiger partial charge is 0.347 e. The molecule has 1 amide bonds. The molecule has 2 aromatic heterocycles. The molecule has 6 heteroatoms. The lowest BCUT2D eigenvalue weighted by molar-refractivity contribution is 0.0950. The fourth-order valence-electron chi connectivity index (χ4n) is 1.92. The molecule has 0 fully saturated rings. The molecule has 3 aromatic rings. The van der Waals surface area contributed by atoms with Gasteiger partial charge in [-0.3, -0.25) is 4.79 Å². The highest BCUT2D eigenvalue weighted by molar-refractivity contribution is 5.94. The third kappa shape index (κ3) is 2.31. The van der Waals surface area contributed by atoms with Crippen molar-refractivity contribution in [1.29, 1.82) is 0 Å². The maximum absolute atomic E-state index is 12.0. The summed E-state index contributed by atoms with van der Waals surface area (Å²) in [6.45, 7) is 0.442.